The summed E-state index contributed by atoms with van der Waals surface area (Å²) in [5, 5.41) is 0. The number of nitrogens with two attached hydrogens (primary N) is 1. The second kappa shape index (κ2) is 6.69. The molecule has 1 heterocycles. The molecule has 102 valence electrons. The van der Waals surface area contributed by atoms with Crippen molar-refractivity contribution in [2.45, 2.75) is 25.8 Å². The molecule has 0 aromatic heterocycles. The molecule has 0 aliphatic carbocycles. The van der Waals surface area contributed by atoms with E-state index in [0.717, 1.165) is 19.5 Å². The van der Waals surface area contributed by atoms with Crippen LogP contribution in [0.25, 0.3) is 0 Å². The van der Waals surface area contributed by atoms with Crippen LogP contribution >= 0.6 is 0 Å². The molecule has 17 heavy (non-hydrogen) atoms. The minimum atomic E-state index is -0.0257. The van der Waals surface area contributed by atoms with Crippen LogP contribution in [0.15, 0.2) is 0 Å². The average molecular weight is 242 g/mol. The van der Waals surface area contributed by atoms with Crippen molar-refractivity contribution in [3.63, 3.8) is 0 Å². The van der Waals surface area contributed by atoms with Crippen molar-refractivity contribution in [2.24, 2.45) is 5.73 Å². The zero-order valence-corrected chi connectivity index (χ0v) is 12.1. The maximum absolute atomic E-state index is 6.02. The third kappa shape index (κ3) is 6.99. The molecule has 1 saturated heterocycles. The van der Waals surface area contributed by atoms with Gasteiger partial charge in [-0.15, -0.1) is 0 Å². The summed E-state index contributed by atoms with van der Waals surface area (Å²) in [7, 11) is 4.28. The maximum Gasteiger partial charge on any atom is 0.0110 e. The van der Waals surface area contributed by atoms with Gasteiger partial charge in [-0.25, -0.2) is 0 Å². The van der Waals surface area contributed by atoms with Crippen LogP contribution in [0.1, 0.15) is 20.3 Å². The summed E-state index contributed by atoms with van der Waals surface area (Å²) in [5.41, 5.74) is 5.99. The van der Waals surface area contributed by atoms with Gasteiger partial charge >= 0.3 is 0 Å². The topological polar surface area (TPSA) is 35.7 Å². The van der Waals surface area contributed by atoms with Gasteiger partial charge in [0.15, 0.2) is 0 Å². The summed E-state index contributed by atoms with van der Waals surface area (Å²) >= 11 is 0. The average Bonchev–Trinajstić information content (AvgIpc) is 2.24. The van der Waals surface area contributed by atoms with Crippen molar-refractivity contribution in [1.29, 1.82) is 0 Å². The van der Waals surface area contributed by atoms with Gasteiger partial charge in [-0.3, -0.25) is 4.90 Å². The minimum absolute atomic E-state index is 0.0257. The molecule has 0 unspecified atom stereocenters. The predicted octanol–water partition coefficient (Wildman–Crippen LogP) is 0.293. The zero-order chi connectivity index (χ0) is 12.9. The normalized spacial score (nSPS) is 20.1. The van der Waals surface area contributed by atoms with Crippen LogP contribution in [-0.2, 0) is 0 Å². The highest BCUT2D eigenvalue weighted by Gasteiger charge is 2.18. The molecule has 1 rings (SSSR count). The second-order valence-corrected chi connectivity index (χ2v) is 6.23. The molecule has 0 aromatic rings. The van der Waals surface area contributed by atoms with Gasteiger partial charge < -0.3 is 15.5 Å². The monoisotopic (exact) mass is 242 g/mol. The standard InChI is InChI=1S/C13H30N4/c1-13(2,14)5-6-16-9-11-17(12-10-16)8-7-15(3)4/h5-12,14H2,1-4H3. The predicted molar refractivity (Wildman–Crippen MR) is 74.3 cm³/mol. The van der Waals surface area contributed by atoms with E-state index in [9.17, 15) is 0 Å². The maximum atomic E-state index is 6.02. The van der Waals surface area contributed by atoms with Crippen molar-refractivity contribution in [3.8, 4) is 0 Å². The number of hydrogen-bond donors (Lipinski definition) is 1. The van der Waals surface area contributed by atoms with Crippen LogP contribution in [0.4, 0.5) is 0 Å². The van der Waals surface area contributed by atoms with Gasteiger partial charge in [0.1, 0.15) is 0 Å². The molecule has 1 fully saturated rings. The van der Waals surface area contributed by atoms with E-state index in [-0.39, 0.29) is 5.54 Å². The molecule has 1 aliphatic heterocycles. The quantitative estimate of drug-likeness (QED) is 0.726. The summed E-state index contributed by atoms with van der Waals surface area (Å²) in [4.78, 5) is 7.36. The van der Waals surface area contributed by atoms with Crippen molar-refractivity contribution >= 4 is 0 Å². The molecule has 0 atom stereocenters. The molecule has 0 bridgehead atoms. The highest BCUT2D eigenvalue weighted by Crippen LogP contribution is 2.08. The van der Waals surface area contributed by atoms with Crippen LogP contribution < -0.4 is 5.73 Å². The van der Waals surface area contributed by atoms with Crippen molar-refractivity contribution < 1.29 is 0 Å². The molecule has 4 nitrogen and oxygen atoms in total. The van der Waals surface area contributed by atoms with Crippen LogP contribution in [0, 0.1) is 0 Å². The molecular formula is C13H30N4. The fraction of sp³-hybridized carbons (Fsp3) is 1.00. The SMILES string of the molecule is CN(C)CCN1CCN(CCC(C)(C)N)CC1. The van der Waals surface area contributed by atoms with Gasteiger partial charge in [-0.2, -0.15) is 0 Å². The molecule has 2 N–H and O–H groups in total. The summed E-state index contributed by atoms with van der Waals surface area (Å²) in [6.07, 6.45) is 1.09. The lowest BCUT2D eigenvalue weighted by Gasteiger charge is -2.36. The third-order valence-electron chi connectivity index (χ3n) is 3.40. The Morgan fingerprint density at radius 1 is 1.00 bits per heavy atom. The third-order valence-corrected chi connectivity index (χ3v) is 3.40. The van der Waals surface area contributed by atoms with Crippen LogP contribution in [0.5, 0.6) is 0 Å². The summed E-state index contributed by atoms with van der Waals surface area (Å²) in [6, 6.07) is 0. The summed E-state index contributed by atoms with van der Waals surface area (Å²) < 4.78 is 0. The number of hydrogen-bond acceptors (Lipinski definition) is 4. The smallest absolute Gasteiger partial charge is 0.0110 e. The fourth-order valence-electron chi connectivity index (χ4n) is 2.02. The number of likely N-dealkylation sites (N-methyl/N-ethyl adjacent to an activating group) is 1. The van der Waals surface area contributed by atoms with Gasteiger partial charge in [0, 0.05) is 44.8 Å². The van der Waals surface area contributed by atoms with Gasteiger partial charge in [-0.05, 0) is 40.9 Å². The summed E-state index contributed by atoms with van der Waals surface area (Å²) in [6.45, 7) is 12.5. The van der Waals surface area contributed by atoms with Crippen molar-refractivity contribution in [3.05, 3.63) is 0 Å². The van der Waals surface area contributed by atoms with Crippen molar-refractivity contribution in [1.82, 2.24) is 14.7 Å². The zero-order valence-electron chi connectivity index (χ0n) is 12.1. The first-order valence-corrected chi connectivity index (χ1v) is 6.75. The van der Waals surface area contributed by atoms with E-state index >= 15 is 0 Å². The first-order chi connectivity index (χ1) is 7.87. The van der Waals surface area contributed by atoms with E-state index in [1.54, 1.807) is 0 Å². The Kier molecular flexibility index (Phi) is 5.86. The van der Waals surface area contributed by atoms with Crippen molar-refractivity contribution in [2.75, 3.05) is 59.9 Å². The Hall–Kier alpha value is -0.160. The second-order valence-electron chi connectivity index (χ2n) is 6.23. The summed E-state index contributed by atoms with van der Waals surface area (Å²) in [5.74, 6) is 0. The van der Waals surface area contributed by atoms with Gasteiger partial charge in [-0.1, -0.05) is 0 Å². The van der Waals surface area contributed by atoms with Gasteiger partial charge in [0.2, 0.25) is 0 Å². The largest absolute Gasteiger partial charge is 0.326 e. The Balaban J connectivity index is 2.13. The molecule has 0 aromatic carbocycles. The first kappa shape index (κ1) is 14.9. The number of piperazine rings is 1. The van der Waals surface area contributed by atoms with Crippen LogP contribution in [0.3, 0.4) is 0 Å². The number of rotatable bonds is 6. The Bertz CT molecular complexity index is 202. The molecule has 0 radical (unpaired) electrons. The Morgan fingerprint density at radius 2 is 1.47 bits per heavy atom. The Morgan fingerprint density at radius 3 is 1.88 bits per heavy atom. The van der Waals surface area contributed by atoms with E-state index in [1.165, 1.54) is 32.7 Å². The van der Waals surface area contributed by atoms with Crippen LogP contribution in [0.2, 0.25) is 0 Å². The lowest BCUT2D eigenvalue weighted by Crippen LogP contribution is -2.49. The molecular weight excluding hydrogens is 212 g/mol. The van der Waals surface area contributed by atoms with Gasteiger partial charge in [0.05, 0.1) is 0 Å². The van der Waals surface area contributed by atoms with Crippen LogP contribution in [-0.4, -0.2) is 80.1 Å². The molecule has 4 heteroatoms. The van der Waals surface area contributed by atoms with Gasteiger partial charge in [0.25, 0.3) is 0 Å². The lowest BCUT2D eigenvalue weighted by atomic mass is 10.0. The van der Waals surface area contributed by atoms with E-state index in [1.807, 2.05) is 0 Å². The molecule has 0 saturated carbocycles. The number of nitrogens with zero attached hydrogens (tertiary/aromatic N) is 3. The highest BCUT2D eigenvalue weighted by molar-refractivity contribution is 4.77. The molecule has 0 spiro atoms. The van der Waals surface area contributed by atoms with E-state index < -0.39 is 0 Å². The lowest BCUT2D eigenvalue weighted by molar-refractivity contribution is 0.120. The molecule has 0 amide bonds. The Labute approximate surface area is 107 Å². The first-order valence-electron chi connectivity index (χ1n) is 6.75. The highest BCUT2D eigenvalue weighted by atomic mass is 15.3. The minimum Gasteiger partial charge on any atom is -0.326 e. The van der Waals surface area contributed by atoms with E-state index in [2.05, 4.69) is 42.6 Å². The van der Waals surface area contributed by atoms with E-state index in [0.29, 0.717) is 0 Å². The fourth-order valence-corrected chi connectivity index (χ4v) is 2.02. The van der Waals surface area contributed by atoms with E-state index in [4.69, 9.17) is 5.73 Å². The molecule has 1 aliphatic rings.